The average Bonchev–Trinajstić information content (AvgIpc) is 2.58. The minimum atomic E-state index is -4.52. The predicted molar refractivity (Wildman–Crippen MR) is 104 cm³/mol. The minimum absolute atomic E-state index is 0.0167. The number of hydrazone groups is 1. The highest BCUT2D eigenvalue weighted by atomic mass is 79.9. The largest absolute Gasteiger partial charge is 0.507 e. The predicted octanol–water partition coefficient (Wildman–Crippen LogP) is 4.37. The number of benzene rings is 2. The van der Waals surface area contributed by atoms with Crippen LogP contribution in [-0.4, -0.2) is 22.2 Å². The van der Waals surface area contributed by atoms with Gasteiger partial charge in [-0.1, -0.05) is 34.2 Å². The molecule has 0 heterocycles. The third-order valence-electron chi connectivity index (χ3n) is 3.32. The Kier molecular flexibility index (Phi) is 6.55. The number of halogens is 4. The lowest BCUT2D eigenvalue weighted by molar-refractivity contribution is -0.137. The smallest absolute Gasteiger partial charge is 0.416 e. The van der Waals surface area contributed by atoms with E-state index in [0.717, 1.165) is 16.6 Å². The molecule has 0 saturated carbocycles. The quantitative estimate of drug-likeness (QED) is 0.362. The Labute approximate surface area is 166 Å². The van der Waals surface area contributed by atoms with Crippen molar-refractivity contribution in [3.05, 3.63) is 57.6 Å². The molecule has 0 aliphatic carbocycles. The topological polar surface area (TPSA) is 73.7 Å². The average molecular weight is 460 g/mol. The Morgan fingerprint density at radius 2 is 2.00 bits per heavy atom. The number of nitrogens with zero attached hydrogens (tertiary/aromatic N) is 1. The number of carbonyl (C=O) groups is 1. The first kappa shape index (κ1) is 20.8. The van der Waals surface area contributed by atoms with E-state index in [4.69, 9.17) is 12.2 Å². The van der Waals surface area contributed by atoms with Crippen molar-refractivity contribution in [1.29, 1.82) is 0 Å². The van der Waals surface area contributed by atoms with Crippen molar-refractivity contribution in [2.75, 3.05) is 5.32 Å². The summed E-state index contributed by atoms with van der Waals surface area (Å²) in [6, 6.07) is 7.49. The summed E-state index contributed by atoms with van der Waals surface area (Å²) in [5.41, 5.74) is 2.36. The lowest BCUT2D eigenvalue weighted by atomic mass is 10.1. The van der Waals surface area contributed by atoms with Crippen LogP contribution in [0.3, 0.4) is 0 Å². The molecule has 142 valence electrons. The summed E-state index contributed by atoms with van der Waals surface area (Å²) < 4.78 is 38.8. The second-order valence-electron chi connectivity index (χ2n) is 5.39. The highest BCUT2D eigenvalue weighted by molar-refractivity contribution is 9.10. The molecular formula is C17H13BrF3N3O2S. The molecule has 0 unspecified atom stereocenters. The zero-order valence-electron chi connectivity index (χ0n) is 13.8. The molecular weight excluding hydrogens is 447 g/mol. The standard InChI is InChI=1S/C17H13BrF3N3O2S/c1-9-5-12(18)6-10(14(9)25)8-22-24-16(27)15(26)23-13-4-2-3-11(7-13)17(19,20)21/h2-8,25H,1H3,(H,23,26)(H,24,27)/b22-8+. The lowest BCUT2D eigenvalue weighted by Gasteiger charge is -2.10. The van der Waals surface area contributed by atoms with E-state index in [2.05, 4.69) is 31.8 Å². The lowest BCUT2D eigenvalue weighted by Crippen LogP contribution is -2.30. The normalized spacial score (nSPS) is 11.4. The zero-order valence-corrected chi connectivity index (χ0v) is 16.2. The molecule has 0 fully saturated rings. The molecule has 0 saturated heterocycles. The number of phenols is 1. The fraction of sp³-hybridized carbons (Fsp3) is 0.118. The van der Waals surface area contributed by atoms with Crippen LogP contribution in [0.15, 0.2) is 46.0 Å². The Hall–Kier alpha value is -2.46. The second-order valence-corrected chi connectivity index (χ2v) is 6.72. The number of phenolic OH excluding ortho intramolecular Hbond substituents is 1. The molecule has 0 aliphatic rings. The number of nitrogens with one attached hydrogen (secondary N) is 2. The fourth-order valence-corrected chi connectivity index (χ4v) is 2.73. The number of anilines is 1. The van der Waals surface area contributed by atoms with Gasteiger partial charge >= 0.3 is 6.18 Å². The van der Waals surface area contributed by atoms with Crippen molar-refractivity contribution in [2.24, 2.45) is 5.10 Å². The first-order valence-electron chi connectivity index (χ1n) is 7.38. The maximum absolute atomic E-state index is 12.7. The van der Waals surface area contributed by atoms with Crippen LogP contribution in [0.5, 0.6) is 5.75 Å². The molecule has 0 bridgehead atoms. The van der Waals surface area contributed by atoms with Crippen LogP contribution >= 0.6 is 28.1 Å². The van der Waals surface area contributed by atoms with Crippen molar-refractivity contribution < 1.29 is 23.1 Å². The van der Waals surface area contributed by atoms with Crippen molar-refractivity contribution in [2.45, 2.75) is 13.1 Å². The highest BCUT2D eigenvalue weighted by Crippen LogP contribution is 2.30. The number of thiocarbonyl (C=S) groups is 1. The summed E-state index contributed by atoms with van der Waals surface area (Å²) in [6.45, 7) is 1.71. The van der Waals surface area contributed by atoms with Crippen molar-refractivity contribution in [3.63, 3.8) is 0 Å². The molecule has 0 spiro atoms. The molecule has 5 nitrogen and oxygen atoms in total. The molecule has 0 aliphatic heterocycles. The number of hydrogen-bond acceptors (Lipinski definition) is 4. The van der Waals surface area contributed by atoms with Gasteiger partial charge in [0.25, 0.3) is 5.91 Å². The molecule has 1 amide bonds. The zero-order chi connectivity index (χ0) is 20.2. The highest BCUT2D eigenvalue weighted by Gasteiger charge is 2.30. The van der Waals surface area contributed by atoms with E-state index >= 15 is 0 Å². The molecule has 0 radical (unpaired) electrons. The molecule has 2 aromatic carbocycles. The van der Waals surface area contributed by atoms with Gasteiger partial charge in [-0.25, -0.2) is 0 Å². The van der Waals surface area contributed by atoms with E-state index in [9.17, 15) is 23.1 Å². The van der Waals surface area contributed by atoms with E-state index in [1.165, 1.54) is 18.3 Å². The number of amides is 1. The Morgan fingerprint density at radius 3 is 2.67 bits per heavy atom. The number of aryl methyl sites for hydroxylation is 1. The number of hydrogen-bond donors (Lipinski definition) is 3. The Bertz CT molecular complexity index is 917. The van der Waals surface area contributed by atoms with E-state index in [-0.39, 0.29) is 16.4 Å². The van der Waals surface area contributed by atoms with Gasteiger partial charge in [-0.2, -0.15) is 18.3 Å². The fourth-order valence-electron chi connectivity index (χ4n) is 2.03. The van der Waals surface area contributed by atoms with Crippen molar-refractivity contribution >= 4 is 50.9 Å². The number of aromatic hydroxyl groups is 1. The molecule has 2 rings (SSSR count). The summed E-state index contributed by atoms with van der Waals surface area (Å²) in [6.07, 6.45) is -3.26. The van der Waals surface area contributed by atoms with Gasteiger partial charge in [-0.05, 0) is 42.8 Å². The third kappa shape index (κ3) is 5.76. The first-order chi connectivity index (χ1) is 12.6. The first-order valence-corrected chi connectivity index (χ1v) is 8.59. The van der Waals surface area contributed by atoms with Crippen LogP contribution in [0.25, 0.3) is 0 Å². The van der Waals surface area contributed by atoms with Crippen LogP contribution < -0.4 is 10.7 Å². The summed E-state index contributed by atoms with van der Waals surface area (Å²) in [4.78, 5) is 11.6. The van der Waals surface area contributed by atoms with Gasteiger partial charge in [-0.15, -0.1) is 0 Å². The van der Waals surface area contributed by atoms with Gasteiger partial charge in [0.15, 0.2) is 4.99 Å². The molecule has 10 heteroatoms. The van der Waals surface area contributed by atoms with E-state index in [1.54, 1.807) is 19.1 Å². The summed E-state index contributed by atoms with van der Waals surface area (Å²) in [5.74, 6) is -0.806. The molecule has 0 atom stereocenters. The molecule has 27 heavy (non-hydrogen) atoms. The summed E-state index contributed by atoms with van der Waals surface area (Å²) in [7, 11) is 0. The van der Waals surface area contributed by atoms with Gasteiger partial charge in [0.2, 0.25) is 0 Å². The molecule has 3 N–H and O–H groups in total. The van der Waals surface area contributed by atoms with Crippen LogP contribution in [0, 0.1) is 6.92 Å². The van der Waals surface area contributed by atoms with E-state index in [0.29, 0.717) is 11.1 Å². The second kappa shape index (κ2) is 8.49. The SMILES string of the molecule is Cc1cc(Br)cc(/C=N/NC(=S)C(=O)Nc2cccc(C(F)(F)F)c2)c1O. The number of alkyl halides is 3. The van der Waals surface area contributed by atoms with Gasteiger partial charge in [0, 0.05) is 15.7 Å². The Morgan fingerprint density at radius 1 is 1.30 bits per heavy atom. The van der Waals surface area contributed by atoms with Crippen LogP contribution in [-0.2, 0) is 11.0 Å². The molecule has 0 aromatic heterocycles. The number of rotatable bonds is 3. The maximum atomic E-state index is 12.7. The minimum Gasteiger partial charge on any atom is -0.507 e. The number of carbonyl (C=O) groups excluding carboxylic acids is 1. The third-order valence-corrected chi connectivity index (χ3v) is 4.05. The van der Waals surface area contributed by atoms with Crippen LogP contribution in [0.4, 0.5) is 18.9 Å². The molecule has 2 aromatic rings. The Balaban J connectivity index is 2.02. The summed E-state index contributed by atoms with van der Waals surface area (Å²) in [5, 5.41) is 16.0. The van der Waals surface area contributed by atoms with Crippen molar-refractivity contribution in [1.82, 2.24) is 5.43 Å². The van der Waals surface area contributed by atoms with E-state index in [1.807, 2.05) is 0 Å². The van der Waals surface area contributed by atoms with Gasteiger partial charge < -0.3 is 10.4 Å². The van der Waals surface area contributed by atoms with Gasteiger partial charge in [0.05, 0.1) is 11.8 Å². The van der Waals surface area contributed by atoms with Crippen molar-refractivity contribution in [3.8, 4) is 5.75 Å². The van der Waals surface area contributed by atoms with Crippen LogP contribution in [0.2, 0.25) is 0 Å². The van der Waals surface area contributed by atoms with Gasteiger partial charge in [-0.3, -0.25) is 10.2 Å². The van der Waals surface area contributed by atoms with E-state index < -0.39 is 17.6 Å². The maximum Gasteiger partial charge on any atom is 0.416 e. The summed E-state index contributed by atoms with van der Waals surface area (Å²) >= 11 is 8.14. The monoisotopic (exact) mass is 459 g/mol. The van der Waals surface area contributed by atoms with Gasteiger partial charge in [0.1, 0.15) is 5.75 Å². The van der Waals surface area contributed by atoms with Crippen LogP contribution in [0.1, 0.15) is 16.7 Å².